The molecule has 2 rings (SSSR count). The molecule has 0 radical (unpaired) electrons. The van der Waals surface area contributed by atoms with Gasteiger partial charge >= 0.3 is 11.9 Å². The summed E-state index contributed by atoms with van der Waals surface area (Å²) in [6.07, 6.45) is 1.87. The quantitative estimate of drug-likeness (QED) is 0.802. The SMILES string of the molecule is CCc1coc(-c2c(C(=O)OC)cccc2C(=O)OC)c(C)c1=O. The summed E-state index contributed by atoms with van der Waals surface area (Å²) in [5.41, 5.74) is 1.08. The number of carbonyl (C=O) groups is 2. The number of carbonyl (C=O) groups excluding carboxylic acids is 2. The Labute approximate surface area is 139 Å². The van der Waals surface area contributed by atoms with E-state index in [4.69, 9.17) is 13.9 Å². The van der Waals surface area contributed by atoms with Crippen LogP contribution in [-0.4, -0.2) is 26.2 Å². The maximum absolute atomic E-state index is 12.4. The topological polar surface area (TPSA) is 82.8 Å². The first-order valence-corrected chi connectivity index (χ1v) is 7.37. The predicted octanol–water partition coefficient (Wildman–Crippen LogP) is 2.75. The molecule has 0 fully saturated rings. The maximum Gasteiger partial charge on any atom is 0.338 e. The van der Waals surface area contributed by atoms with E-state index in [0.29, 0.717) is 17.5 Å². The molecule has 126 valence electrons. The Morgan fingerprint density at radius 2 is 1.62 bits per heavy atom. The molecule has 0 saturated heterocycles. The molecule has 6 heteroatoms. The van der Waals surface area contributed by atoms with Crippen LogP contribution in [0.5, 0.6) is 0 Å². The van der Waals surface area contributed by atoms with Gasteiger partial charge in [0.15, 0.2) is 5.43 Å². The molecule has 0 amide bonds. The van der Waals surface area contributed by atoms with Crippen LogP contribution in [0.3, 0.4) is 0 Å². The Bertz CT molecular complexity index is 813. The van der Waals surface area contributed by atoms with E-state index < -0.39 is 11.9 Å². The van der Waals surface area contributed by atoms with Crippen molar-refractivity contribution in [3.8, 4) is 11.3 Å². The number of hydrogen-bond donors (Lipinski definition) is 0. The van der Waals surface area contributed by atoms with E-state index >= 15 is 0 Å². The zero-order valence-electron chi connectivity index (χ0n) is 14.0. The lowest BCUT2D eigenvalue weighted by Crippen LogP contribution is -2.15. The third kappa shape index (κ3) is 2.95. The molecular weight excluding hydrogens is 312 g/mol. The van der Waals surface area contributed by atoms with E-state index in [1.54, 1.807) is 6.92 Å². The Kier molecular flexibility index (Phi) is 5.18. The summed E-state index contributed by atoms with van der Waals surface area (Å²) in [5, 5.41) is 0. The minimum Gasteiger partial charge on any atom is -0.465 e. The highest BCUT2D eigenvalue weighted by Gasteiger charge is 2.25. The van der Waals surface area contributed by atoms with Crippen LogP contribution in [0.25, 0.3) is 11.3 Å². The summed E-state index contributed by atoms with van der Waals surface area (Å²) >= 11 is 0. The molecule has 0 saturated carbocycles. The Balaban J connectivity index is 2.86. The van der Waals surface area contributed by atoms with Crippen LogP contribution >= 0.6 is 0 Å². The lowest BCUT2D eigenvalue weighted by atomic mass is 9.95. The van der Waals surface area contributed by atoms with E-state index in [2.05, 4.69) is 0 Å². The van der Waals surface area contributed by atoms with Crippen molar-refractivity contribution in [1.82, 2.24) is 0 Å². The first-order chi connectivity index (χ1) is 11.5. The fourth-order valence-corrected chi connectivity index (χ4v) is 2.46. The van der Waals surface area contributed by atoms with Crippen LogP contribution in [0.2, 0.25) is 0 Å². The largest absolute Gasteiger partial charge is 0.465 e. The molecule has 0 N–H and O–H groups in total. The normalized spacial score (nSPS) is 10.3. The molecule has 0 aliphatic rings. The minimum absolute atomic E-state index is 0.121. The second-order valence-corrected chi connectivity index (χ2v) is 5.11. The Hall–Kier alpha value is -2.89. The molecule has 1 aromatic carbocycles. The van der Waals surface area contributed by atoms with Crippen molar-refractivity contribution in [2.75, 3.05) is 14.2 Å². The van der Waals surface area contributed by atoms with Gasteiger partial charge in [0, 0.05) is 16.7 Å². The van der Waals surface area contributed by atoms with Gasteiger partial charge in [0.05, 0.1) is 31.6 Å². The van der Waals surface area contributed by atoms with Gasteiger partial charge in [0.25, 0.3) is 0 Å². The van der Waals surface area contributed by atoms with Crippen LogP contribution in [-0.2, 0) is 15.9 Å². The molecule has 24 heavy (non-hydrogen) atoms. The molecule has 0 spiro atoms. The first kappa shape index (κ1) is 17.5. The van der Waals surface area contributed by atoms with Crippen molar-refractivity contribution in [3.05, 3.63) is 56.9 Å². The highest BCUT2D eigenvalue weighted by Crippen LogP contribution is 2.31. The van der Waals surface area contributed by atoms with Crippen molar-refractivity contribution in [2.45, 2.75) is 20.3 Å². The second kappa shape index (κ2) is 7.12. The van der Waals surface area contributed by atoms with Gasteiger partial charge in [-0.3, -0.25) is 4.79 Å². The molecule has 0 atom stereocenters. The average molecular weight is 330 g/mol. The lowest BCUT2D eigenvalue weighted by Gasteiger charge is -2.13. The maximum atomic E-state index is 12.4. The Morgan fingerprint density at radius 1 is 1.08 bits per heavy atom. The lowest BCUT2D eigenvalue weighted by molar-refractivity contribution is 0.0600. The van der Waals surface area contributed by atoms with Gasteiger partial charge in [-0.2, -0.15) is 0 Å². The predicted molar refractivity (Wildman–Crippen MR) is 87.2 cm³/mol. The van der Waals surface area contributed by atoms with Gasteiger partial charge < -0.3 is 13.9 Å². The minimum atomic E-state index is -0.641. The molecule has 6 nitrogen and oxygen atoms in total. The molecule has 1 heterocycles. The van der Waals surface area contributed by atoms with Gasteiger partial charge in [-0.05, 0) is 25.5 Å². The van der Waals surface area contributed by atoms with E-state index in [1.807, 2.05) is 6.92 Å². The molecule has 0 unspecified atom stereocenters. The van der Waals surface area contributed by atoms with Crippen molar-refractivity contribution in [2.24, 2.45) is 0 Å². The van der Waals surface area contributed by atoms with Crippen molar-refractivity contribution in [1.29, 1.82) is 0 Å². The van der Waals surface area contributed by atoms with Gasteiger partial charge in [0.2, 0.25) is 0 Å². The van der Waals surface area contributed by atoms with Crippen LogP contribution in [0.15, 0.2) is 33.7 Å². The average Bonchev–Trinajstić information content (AvgIpc) is 2.62. The van der Waals surface area contributed by atoms with Crippen LogP contribution in [0, 0.1) is 6.92 Å². The number of ether oxygens (including phenoxy) is 2. The van der Waals surface area contributed by atoms with Crippen molar-refractivity contribution >= 4 is 11.9 Å². The molecule has 0 aliphatic heterocycles. The summed E-state index contributed by atoms with van der Waals surface area (Å²) in [7, 11) is 2.47. The van der Waals surface area contributed by atoms with Crippen LogP contribution in [0.4, 0.5) is 0 Å². The van der Waals surface area contributed by atoms with Crippen molar-refractivity contribution < 1.29 is 23.5 Å². The first-order valence-electron chi connectivity index (χ1n) is 7.37. The van der Waals surface area contributed by atoms with E-state index in [0.717, 1.165) is 0 Å². The summed E-state index contributed by atoms with van der Waals surface area (Å²) in [4.78, 5) is 36.6. The number of rotatable bonds is 4. The third-order valence-electron chi connectivity index (χ3n) is 3.77. The number of methoxy groups -OCH3 is 2. The van der Waals surface area contributed by atoms with Crippen LogP contribution < -0.4 is 5.43 Å². The summed E-state index contributed by atoms with van der Waals surface area (Å²) < 4.78 is 15.1. The highest BCUT2D eigenvalue weighted by molar-refractivity contribution is 6.05. The zero-order chi connectivity index (χ0) is 17.9. The molecule has 1 aromatic heterocycles. The van der Waals surface area contributed by atoms with Crippen LogP contribution in [0.1, 0.15) is 38.8 Å². The summed E-state index contributed by atoms with van der Waals surface area (Å²) in [6, 6.07) is 4.54. The molecule has 0 bridgehead atoms. The summed E-state index contributed by atoms with van der Waals surface area (Å²) in [6.45, 7) is 3.43. The van der Waals surface area contributed by atoms with E-state index in [-0.39, 0.29) is 27.9 Å². The fraction of sp³-hybridized carbons (Fsp3) is 0.278. The number of benzene rings is 1. The smallest absolute Gasteiger partial charge is 0.338 e. The number of aryl methyl sites for hydroxylation is 1. The second-order valence-electron chi connectivity index (χ2n) is 5.11. The van der Waals surface area contributed by atoms with Gasteiger partial charge in [-0.1, -0.05) is 13.0 Å². The summed E-state index contributed by atoms with van der Waals surface area (Å²) in [5.74, 6) is -1.13. The standard InChI is InChI=1S/C18H18O6/c1-5-11-9-24-16(10(2)15(11)19)14-12(17(20)22-3)7-6-8-13(14)18(21)23-4/h6-9H,5H2,1-4H3. The third-order valence-corrected chi connectivity index (χ3v) is 3.77. The van der Waals surface area contributed by atoms with Gasteiger partial charge in [-0.15, -0.1) is 0 Å². The highest BCUT2D eigenvalue weighted by atomic mass is 16.5. The van der Waals surface area contributed by atoms with Crippen molar-refractivity contribution in [3.63, 3.8) is 0 Å². The van der Waals surface area contributed by atoms with E-state index in [1.165, 1.54) is 38.7 Å². The van der Waals surface area contributed by atoms with Gasteiger partial charge in [-0.25, -0.2) is 9.59 Å². The molecule has 0 aliphatic carbocycles. The molecule has 2 aromatic rings. The molecular formula is C18H18O6. The number of esters is 2. The number of hydrogen-bond acceptors (Lipinski definition) is 6. The van der Waals surface area contributed by atoms with Gasteiger partial charge in [0.1, 0.15) is 5.76 Å². The fourth-order valence-electron chi connectivity index (χ4n) is 2.46. The monoisotopic (exact) mass is 330 g/mol. The zero-order valence-corrected chi connectivity index (χ0v) is 14.0. The Morgan fingerprint density at radius 3 is 2.08 bits per heavy atom. The van der Waals surface area contributed by atoms with E-state index in [9.17, 15) is 14.4 Å².